The van der Waals surface area contributed by atoms with Gasteiger partial charge in [0.1, 0.15) is 5.75 Å². The summed E-state index contributed by atoms with van der Waals surface area (Å²) in [5.74, 6) is 7.36. The number of rotatable bonds is 4. The second-order valence-corrected chi connectivity index (χ2v) is 5.53. The second-order valence-electron chi connectivity index (χ2n) is 5.53. The molecule has 0 atom stereocenters. The van der Waals surface area contributed by atoms with Crippen molar-refractivity contribution in [3.8, 4) is 17.6 Å². The van der Waals surface area contributed by atoms with Crippen LogP contribution in [0.3, 0.4) is 0 Å². The van der Waals surface area contributed by atoms with Gasteiger partial charge in [-0.15, -0.1) is 0 Å². The van der Waals surface area contributed by atoms with Gasteiger partial charge in [-0.2, -0.15) is 0 Å². The van der Waals surface area contributed by atoms with Crippen molar-refractivity contribution in [3.05, 3.63) is 59.2 Å². The maximum absolute atomic E-state index is 5.66. The number of benzene rings is 2. The SMILES string of the molecule is CCCCOc1ccc(C#Cc2ccc3c(c2)NCC3)cc1. The summed E-state index contributed by atoms with van der Waals surface area (Å²) in [6, 6.07) is 14.4. The molecule has 0 aliphatic carbocycles. The van der Waals surface area contributed by atoms with E-state index in [-0.39, 0.29) is 0 Å². The van der Waals surface area contributed by atoms with Gasteiger partial charge in [0.2, 0.25) is 0 Å². The largest absolute Gasteiger partial charge is 0.494 e. The number of nitrogens with one attached hydrogen (secondary N) is 1. The van der Waals surface area contributed by atoms with Crippen LogP contribution in [0.15, 0.2) is 42.5 Å². The summed E-state index contributed by atoms with van der Waals surface area (Å²) in [5, 5.41) is 3.39. The van der Waals surface area contributed by atoms with Crippen LogP contribution in [0.25, 0.3) is 0 Å². The molecule has 1 heterocycles. The van der Waals surface area contributed by atoms with Crippen LogP contribution in [0.4, 0.5) is 5.69 Å². The van der Waals surface area contributed by atoms with Gasteiger partial charge in [-0.3, -0.25) is 0 Å². The molecule has 2 heteroatoms. The van der Waals surface area contributed by atoms with E-state index in [4.69, 9.17) is 4.74 Å². The van der Waals surface area contributed by atoms with E-state index in [1.807, 2.05) is 24.3 Å². The molecule has 1 aliphatic rings. The van der Waals surface area contributed by atoms with Crippen LogP contribution in [0.5, 0.6) is 5.75 Å². The maximum Gasteiger partial charge on any atom is 0.119 e. The lowest BCUT2D eigenvalue weighted by Gasteiger charge is -2.04. The molecule has 2 aromatic rings. The van der Waals surface area contributed by atoms with Crippen LogP contribution >= 0.6 is 0 Å². The molecule has 0 amide bonds. The summed E-state index contributed by atoms with van der Waals surface area (Å²) in [7, 11) is 0. The first-order valence-electron chi connectivity index (χ1n) is 7.97. The molecular formula is C20H21NO. The third kappa shape index (κ3) is 3.62. The number of fused-ring (bicyclic) bond motifs is 1. The molecule has 22 heavy (non-hydrogen) atoms. The summed E-state index contributed by atoms with van der Waals surface area (Å²) in [5.41, 5.74) is 4.68. The van der Waals surface area contributed by atoms with Crippen molar-refractivity contribution in [1.29, 1.82) is 0 Å². The van der Waals surface area contributed by atoms with E-state index in [1.165, 1.54) is 11.3 Å². The van der Waals surface area contributed by atoms with Crippen molar-refractivity contribution >= 4 is 5.69 Å². The van der Waals surface area contributed by atoms with E-state index in [0.717, 1.165) is 49.3 Å². The predicted octanol–water partition coefficient (Wildman–Crippen LogP) is 4.23. The van der Waals surface area contributed by atoms with Crippen LogP contribution in [-0.4, -0.2) is 13.2 Å². The Morgan fingerprint density at radius 3 is 2.64 bits per heavy atom. The normalized spacial score (nSPS) is 12.0. The highest BCUT2D eigenvalue weighted by molar-refractivity contribution is 5.60. The average molecular weight is 291 g/mol. The first-order chi connectivity index (χ1) is 10.8. The molecule has 0 unspecified atom stereocenters. The second kappa shape index (κ2) is 7.04. The Bertz CT molecular complexity index is 692. The summed E-state index contributed by atoms with van der Waals surface area (Å²) in [6.45, 7) is 3.98. The highest BCUT2D eigenvalue weighted by Gasteiger charge is 2.08. The third-order valence-electron chi connectivity index (χ3n) is 3.79. The topological polar surface area (TPSA) is 21.3 Å². The van der Waals surface area contributed by atoms with E-state index in [0.29, 0.717) is 0 Å². The van der Waals surface area contributed by atoms with E-state index in [9.17, 15) is 0 Å². The minimum Gasteiger partial charge on any atom is -0.494 e. The quantitative estimate of drug-likeness (QED) is 0.672. The Kier molecular flexibility index (Phi) is 4.65. The first kappa shape index (κ1) is 14.5. The van der Waals surface area contributed by atoms with Crippen LogP contribution in [0.1, 0.15) is 36.5 Å². The van der Waals surface area contributed by atoms with E-state index >= 15 is 0 Å². The summed E-state index contributed by atoms with van der Waals surface area (Å²) in [6.07, 6.45) is 3.36. The summed E-state index contributed by atoms with van der Waals surface area (Å²) in [4.78, 5) is 0. The van der Waals surface area contributed by atoms with Crippen molar-refractivity contribution in [2.75, 3.05) is 18.5 Å². The van der Waals surface area contributed by atoms with Gasteiger partial charge in [0, 0.05) is 23.4 Å². The van der Waals surface area contributed by atoms with Gasteiger partial charge in [-0.1, -0.05) is 31.3 Å². The third-order valence-corrected chi connectivity index (χ3v) is 3.79. The molecule has 3 rings (SSSR count). The number of unbranched alkanes of at least 4 members (excludes halogenated alkanes) is 1. The predicted molar refractivity (Wildman–Crippen MR) is 91.5 cm³/mol. The lowest BCUT2D eigenvalue weighted by atomic mass is 10.1. The van der Waals surface area contributed by atoms with Gasteiger partial charge in [0.25, 0.3) is 0 Å². The van der Waals surface area contributed by atoms with Crippen LogP contribution in [-0.2, 0) is 6.42 Å². The van der Waals surface area contributed by atoms with Crippen LogP contribution in [0, 0.1) is 11.8 Å². The highest BCUT2D eigenvalue weighted by Crippen LogP contribution is 2.22. The van der Waals surface area contributed by atoms with Gasteiger partial charge >= 0.3 is 0 Å². The molecule has 1 aliphatic heterocycles. The van der Waals surface area contributed by atoms with Crippen LogP contribution in [0.2, 0.25) is 0 Å². The number of hydrogen-bond donors (Lipinski definition) is 1. The van der Waals surface area contributed by atoms with E-state index < -0.39 is 0 Å². The Morgan fingerprint density at radius 1 is 1.05 bits per heavy atom. The van der Waals surface area contributed by atoms with Crippen molar-refractivity contribution < 1.29 is 4.74 Å². The minimum atomic E-state index is 0.781. The van der Waals surface area contributed by atoms with E-state index in [2.05, 4.69) is 42.3 Å². The zero-order valence-corrected chi connectivity index (χ0v) is 13.0. The maximum atomic E-state index is 5.66. The molecule has 0 spiro atoms. The van der Waals surface area contributed by atoms with Gasteiger partial charge in [0.05, 0.1) is 6.61 Å². The molecule has 0 fully saturated rings. The van der Waals surface area contributed by atoms with Gasteiger partial charge < -0.3 is 10.1 Å². The standard InChI is InChI=1S/C20H21NO/c1-2-3-14-22-19-10-7-16(8-11-19)4-5-17-6-9-18-12-13-21-20(18)15-17/h6-11,15,21H,2-3,12-14H2,1H3. The monoisotopic (exact) mass is 291 g/mol. The highest BCUT2D eigenvalue weighted by atomic mass is 16.5. The molecule has 0 bridgehead atoms. The first-order valence-corrected chi connectivity index (χ1v) is 7.97. The molecule has 2 nitrogen and oxygen atoms in total. The van der Waals surface area contributed by atoms with Crippen molar-refractivity contribution in [1.82, 2.24) is 0 Å². The van der Waals surface area contributed by atoms with Gasteiger partial charge in [-0.05, 0) is 54.8 Å². The smallest absolute Gasteiger partial charge is 0.119 e. The van der Waals surface area contributed by atoms with Crippen molar-refractivity contribution in [3.63, 3.8) is 0 Å². The Balaban J connectivity index is 1.66. The van der Waals surface area contributed by atoms with Gasteiger partial charge in [-0.25, -0.2) is 0 Å². The lowest BCUT2D eigenvalue weighted by Crippen LogP contribution is -1.95. The fourth-order valence-electron chi connectivity index (χ4n) is 2.48. The number of hydrogen-bond acceptors (Lipinski definition) is 2. The lowest BCUT2D eigenvalue weighted by molar-refractivity contribution is 0.309. The molecule has 0 saturated heterocycles. The Labute approximate surface area is 132 Å². The average Bonchev–Trinajstić information content (AvgIpc) is 3.02. The van der Waals surface area contributed by atoms with E-state index in [1.54, 1.807) is 0 Å². The zero-order valence-electron chi connectivity index (χ0n) is 13.0. The van der Waals surface area contributed by atoms with Gasteiger partial charge in [0.15, 0.2) is 0 Å². The number of anilines is 1. The molecule has 112 valence electrons. The molecule has 0 saturated carbocycles. The van der Waals surface area contributed by atoms with Crippen molar-refractivity contribution in [2.45, 2.75) is 26.2 Å². The number of ether oxygens (including phenoxy) is 1. The molecule has 0 radical (unpaired) electrons. The fraction of sp³-hybridized carbons (Fsp3) is 0.300. The zero-order chi connectivity index (χ0) is 15.2. The summed E-state index contributed by atoms with van der Waals surface area (Å²) < 4.78 is 5.66. The molecule has 1 N–H and O–H groups in total. The minimum absolute atomic E-state index is 0.781. The Morgan fingerprint density at radius 2 is 1.82 bits per heavy atom. The Hall–Kier alpha value is -2.40. The summed E-state index contributed by atoms with van der Waals surface area (Å²) >= 11 is 0. The fourth-order valence-corrected chi connectivity index (χ4v) is 2.48. The molecule has 2 aromatic carbocycles. The molecule has 0 aromatic heterocycles. The van der Waals surface area contributed by atoms with Crippen LogP contribution < -0.4 is 10.1 Å². The van der Waals surface area contributed by atoms with Crippen molar-refractivity contribution in [2.24, 2.45) is 0 Å². The molecular weight excluding hydrogens is 270 g/mol.